The second kappa shape index (κ2) is 6.84. The van der Waals surface area contributed by atoms with Crippen LogP contribution >= 0.6 is 10.2 Å². The average molecular weight is 502 g/mol. The fourth-order valence-electron chi connectivity index (χ4n) is 3.21. The molecule has 0 bridgehead atoms. The normalized spacial score (nSPS) is 14.5. The molecule has 0 radical (unpaired) electrons. The van der Waals surface area contributed by atoms with Gasteiger partial charge in [-0.2, -0.15) is 0 Å². The van der Waals surface area contributed by atoms with Crippen molar-refractivity contribution in [2.45, 2.75) is 9.79 Å². The lowest BCUT2D eigenvalue weighted by molar-refractivity contribution is 0.364. The third-order valence-electron chi connectivity index (χ3n) is 4.64. The van der Waals surface area contributed by atoms with Crippen molar-refractivity contribution in [3.05, 3.63) is 67.3 Å². The van der Waals surface area contributed by atoms with Gasteiger partial charge in [-0.15, -0.1) is 0 Å². The Morgan fingerprint density at radius 1 is 0.879 bits per heavy atom. The lowest BCUT2D eigenvalue weighted by Gasteiger charge is -2.40. The Bertz CT molecular complexity index is 1490. The highest BCUT2D eigenvalue weighted by molar-refractivity contribution is 8.45. The lowest BCUT2D eigenvalue weighted by Crippen LogP contribution is -2.05. The Balaban J connectivity index is 1.85. The van der Waals surface area contributed by atoms with Gasteiger partial charge in [-0.25, -0.2) is 8.42 Å². The van der Waals surface area contributed by atoms with Gasteiger partial charge in [0.05, 0.1) is 27.8 Å². The Kier molecular flexibility index (Phi) is 4.74. The second-order valence-corrected chi connectivity index (χ2v) is 11.6. The number of nitrogens with one attached hydrogen (secondary N) is 1. The number of aromatic nitrogens is 3. The molecule has 2 aromatic heterocycles. The Morgan fingerprint density at radius 2 is 1.55 bits per heavy atom. The van der Waals surface area contributed by atoms with Gasteiger partial charge in [0.25, 0.3) is 0 Å². The first-order chi connectivity index (χ1) is 15.1. The third-order valence-corrected chi connectivity index (χ3v) is 6.96. The summed E-state index contributed by atoms with van der Waals surface area (Å²) in [7, 11) is -13.4. The highest BCUT2D eigenvalue weighted by atomic mass is 32.5. The number of pyridine rings is 1. The number of nitrogens with zero attached hydrogens (tertiary/aromatic N) is 3. The maximum atomic E-state index is 13.1. The van der Waals surface area contributed by atoms with Crippen LogP contribution in [0.5, 0.6) is 0 Å². The highest BCUT2D eigenvalue weighted by Gasteiger charge is 2.65. The summed E-state index contributed by atoms with van der Waals surface area (Å²) in [5.74, 6) is 0. The van der Waals surface area contributed by atoms with Crippen LogP contribution in [-0.2, 0) is 9.84 Å². The van der Waals surface area contributed by atoms with Gasteiger partial charge in [0, 0.05) is 36.1 Å². The van der Waals surface area contributed by atoms with Crippen molar-refractivity contribution < 1.29 is 27.8 Å². The molecule has 4 rings (SSSR count). The predicted molar refractivity (Wildman–Crippen MR) is 117 cm³/mol. The largest absolute Gasteiger partial charge is 0.353 e. The van der Waals surface area contributed by atoms with Crippen LogP contribution in [-0.4, -0.2) is 29.6 Å². The van der Waals surface area contributed by atoms with Crippen LogP contribution in [0.3, 0.4) is 0 Å². The number of halogens is 5. The molecule has 0 saturated heterocycles. The molecule has 0 amide bonds. The van der Waals surface area contributed by atoms with Gasteiger partial charge in [-0.1, -0.05) is 31.6 Å². The number of sulfone groups is 1. The summed E-state index contributed by atoms with van der Waals surface area (Å²) in [6, 6.07) is 6.88. The summed E-state index contributed by atoms with van der Waals surface area (Å²) in [5.41, 5.74) is 1.67. The van der Waals surface area contributed by atoms with E-state index in [1.165, 1.54) is 36.9 Å². The Hall–Kier alpha value is -3.32. The number of anilines is 2. The van der Waals surface area contributed by atoms with Crippen LogP contribution in [0.4, 0.5) is 30.8 Å². The summed E-state index contributed by atoms with van der Waals surface area (Å²) in [6.07, 6.45) is 6.44. The minimum atomic E-state index is -9.82. The van der Waals surface area contributed by atoms with E-state index in [0.717, 1.165) is 18.4 Å². The van der Waals surface area contributed by atoms with E-state index in [1.807, 2.05) is 0 Å². The molecule has 0 atom stereocenters. The summed E-state index contributed by atoms with van der Waals surface area (Å²) < 4.78 is 89.6. The molecule has 6 nitrogen and oxygen atoms in total. The molecule has 13 heteroatoms. The van der Waals surface area contributed by atoms with E-state index < -0.39 is 25.0 Å². The van der Waals surface area contributed by atoms with Crippen LogP contribution in [0, 0.1) is 0 Å². The molecule has 0 aliphatic heterocycles. The maximum Gasteiger partial charge on any atom is 0.310 e. The Labute approximate surface area is 185 Å². The zero-order chi connectivity index (χ0) is 24.1. The van der Waals surface area contributed by atoms with Crippen molar-refractivity contribution in [3.8, 4) is 11.1 Å². The standard InChI is InChI=1S/C20H15F5N4O2S2/c1-32(30,31)19-6-7-26-12-18(19)29-14-10-16(20-17(11-14)27-8-9-28-20)13-2-4-15(5-3-13)33(21,22,23,24)25/h2-12,29H,1H3. The van der Waals surface area contributed by atoms with E-state index in [2.05, 4.69) is 20.3 Å². The minimum absolute atomic E-state index is 0.0153. The van der Waals surface area contributed by atoms with E-state index in [9.17, 15) is 27.8 Å². The van der Waals surface area contributed by atoms with Gasteiger partial charge in [0.15, 0.2) is 9.84 Å². The first-order valence-electron chi connectivity index (χ1n) is 9.12. The molecular weight excluding hydrogens is 487 g/mol. The second-order valence-electron chi connectivity index (χ2n) is 7.21. The smallest absolute Gasteiger partial charge is 0.310 e. The molecule has 0 fully saturated rings. The SMILES string of the molecule is CS(=O)(=O)c1ccncc1Nc1cc(-c2ccc(S(F)(F)(F)(F)F)cc2)c2nccnc2c1. The number of hydrogen-bond donors (Lipinski definition) is 1. The number of hydrogen-bond acceptors (Lipinski definition) is 6. The van der Waals surface area contributed by atoms with Crippen molar-refractivity contribution >= 4 is 42.5 Å². The molecule has 0 aliphatic rings. The van der Waals surface area contributed by atoms with Crippen molar-refractivity contribution in [1.29, 1.82) is 0 Å². The maximum absolute atomic E-state index is 13.1. The molecular formula is C20H15F5N4O2S2. The van der Waals surface area contributed by atoms with Crippen LogP contribution in [0.25, 0.3) is 22.2 Å². The third kappa shape index (κ3) is 4.88. The summed E-state index contributed by atoms with van der Waals surface area (Å²) in [5, 5.41) is 2.93. The number of rotatable bonds is 5. The van der Waals surface area contributed by atoms with Crippen LogP contribution in [0.1, 0.15) is 0 Å². The number of fused-ring (bicyclic) bond motifs is 1. The van der Waals surface area contributed by atoms with E-state index in [1.54, 1.807) is 6.07 Å². The monoisotopic (exact) mass is 502 g/mol. The molecule has 0 aliphatic carbocycles. The van der Waals surface area contributed by atoms with Gasteiger partial charge in [0.2, 0.25) is 0 Å². The van der Waals surface area contributed by atoms with Crippen molar-refractivity contribution in [2.75, 3.05) is 11.6 Å². The fourth-order valence-corrected chi connectivity index (χ4v) is 4.67. The summed E-state index contributed by atoms with van der Waals surface area (Å²) in [6.45, 7) is 0. The molecule has 0 spiro atoms. The van der Waals surface area contributed by atoms with E-state index in [0.29, 0.717) is 34.4 Å². The zero-order valence-corrected chi connectivity index (χ0v) is 18.3. The zero-order valence-electron chi connectivity index (χ0n) is 16.7. The Morgan fingerprint density at radius 3 is 2.18 bits per heavy atom. The quantitative estimate of drug-likeness (QED) is 0.314. The van der Waals surface area contributed by atoms with Crippen molar-refractivity contribution in [3.63, 3.8) is 0 Å². The van der Waals surface area contributed by atoms with E-state index >= 15 is 0 Å². The highest BCUT2D eigenvalue weighted by Crippen LogP contribution is 3.02. The summed E-state index contributed by atoms with van der Waals surface area (Å²) >= 11 is 0. The van der Waals surface area contributed by atoms with Crippen LogP contribution < -0.4 is 5.32 Å². The van der Waals surface area contributed by atoms with Crippen LogP contribution in [0.15, 0.2) is 77.0 Å². The lowest BCUT2D eigenvalue weighted by atomic mass is 10.0. The average Bonchev–Trinajstić information content (AvgIpc) is 2.71. The molecule has 1 N–H and O–H groups in total. The van der Waals surface area contributed by atoms with Gasteiger partial charge in [0.1, 0.15) is 4.90 Å². The van der Waals surface area contributed by atoms with Gasteiger partial charge in [-0.3, -0.25) is 15.0 Å². The molecule has 2 aromatic carbocycles. The van der Waals surface area contributed by atoms with Crippen molar-refractivity contribution in [2.24, 2.45) is 0 Å². The first-order valence-corrected chi connectivity index (χ1v) is 13.0. The van der Waals surface area contributed by atoms with Gasteiger partial charge in [-0.05, 0) is 35.9 Å². The molecule has 0 unspecified atom stereocenters. The first kappa shape index (κ1) is 22.9. The molecule has 0 saturated carbocycles. The van der Waals surface area contributed by atoms with Gasteiger partial charge < -0.3 is 5.32 Å². The molecule has 2 heterocycles. The minimum Gasteiger partial charge on any atom is -0.353 e. The topological polar surface area (TPSA) is 84.8 Å². The molecule has 4 aromatic rings. The van der Waals surface area contributed by atoms with Gasteiger partial charge >= 0.3 is 10.2 Å². The van der Waals surface area contributed by atoms with E-state index in [4.69, 9.17) is 0 Å². The van der Waals surface area contributed by atoms with Crippen molar-refractivity contribution in [1.82, 2.24) is 15.0 Å². The molecule has 33 heavy (non-hydrogen) atoms. The van der Waals surface area contributed by atoms with E-state index in [-0.39, 0.29) is 16.1 Å². The van der Waals surface area contributed by atoms with Crippen LogP contribution in [0.2, 0.25) is 0 Å². The summed E-state index contributed by atoms with van der Waals surface area (Å²) in [4.78, 5) is 10.3. The molecule has 174 valence electrons. The number of benzene rings is 2. The predicted octanol–water partition coefficient (Wildman–Crippen LogP) is 6.50. The fraction of sp³-hybridized carbons (Fsp3) is 0.0500.